The minimum absolute atomic E-state index is 0.780. The molecule has 0 unspecified atom stereocenters. The van der Waals surface area contributed by atoms with Crippen molar-refractivity contribution in [2.24, 2.45) is 0 Å². The first-order chi connectivity index (χ1) is 9.24. The third kappa shape index (κ3) is 3.22. The topological polar surface area (TPSA) is 41.0 Å². The summed E-state index contributed by atoms with van der Waals surface area (Å²) in [5, 5.41) is 3.24. The van der Waals surface area contributed by atoms with Gasteiger partial charge in [0.15, 0.2) is 0 Å². The molecule has 0 fully saturated rings. The summed E-state index contributed by atoms with van der Waals surface area (Å²) in [5.74, 6) is 2.58. The van der Waals surface area contributed by atoms with Gasteiger partial charge in [0.05, 0.1) is 0 Å². The van der Waals surface area contributed by atoms with Crippen molar-refractivity contribution < 1.29 is 0 Å². The second-order valence-corrected chi connectivity index (χ2v) is 4.27. The molecule has 0 aliphatic rings. The Kier molecular flexibility index (Phi) is 4.34. The van der Waals surface area contributed by atoms with E-state index in [0.717, 1.165) is 36.2 Å². The Morgan fingerprint density at radius 3 is 2.47 bits per heavy atom. The quantitative estimate of drug-likeness (QED) is 0.890. The van der Waals surface area contributed by atoms with Crippen LogP contribution in [0.2, 0.25) is 0 Å². The normalized spacial score (nSPS) is 10.3. The molecule has 0 saturated carbocycles. The van der Waals surface area contributed by atoms with Crippen LogP contribution in [0, 0.1) is 6.92 Å². The second kappa shape index (κ2) is 6.18. The molecule has 0 spiro atoms. The molecule has 19 heavy (non-hydrogen) atoms. The Bertz CT molecular complexity index is 525. The predicted molar refractivity (Wildman–Crippen MR) is 80.1 cm³/mol. The van der Waals surface area contributed by atoms with Gasteiger partial charge >= 0.3 is 0 Å². The first-order valence-electron chi connectivity index (χ1n) is 6.66. The highest BCUT2D eigenvalue weighted by molar-refractivity contribution is 5.62. The van der Waals surface area contributed by atoms with Gasteiger partial charge < -0.3 is 10.2 Å². The molecule has 0 bridgehead atoms. The number of rotatable bonds is 5. The van der Waals surface area contributed by atoms with Crippen molar-refractivity contribution in [2.75, 3.05) is 23.3 Å². The highest BCUT2D eigenvalue weighted by Crippen LogP contribution is 2.24. The zero-order valence-corrected chi connectivity index (χ0v) is 11.7. The lowest BCUT2D eigenvalue weighted by Crippen LogP contribution is -2.18. The maximum Gasteiger partial charge on any atom is 0.138 e. The number of nitrogens with zero attached hydrogens (tertiary/aromatic N) is 3. The maximum atomic E-state index is 4.54. The summed E-state index contributed by atoms with van der Waals surface area (Å²) in [6.45, 7) is 7.83. The van der Waals surface area contributed by atoms with Crippen LogP contribution in [0.5, 0.6) is 0 Å². The fourth-order valence-corrected chi connectivity index (χ4v) is 2.05. The number of nitrogens with one attached hydrogen (secondary N) is 1. The van der Waals surface area contributed by atoms with E-state index in [2.05, 4.69) is 46.2 Å². The van der Waals surface area contributed by atoms with Crippen molar-refractivity contribution in [3.8, 4) is 0 Å². The van der Waals surface area contributed by atoms with Gasteiger partial charge in [-0.3, -0.25) is 0 Å². The summed E-state index contributed by atoms with van der Waals surface area (Å²) in [5.41, 5.74) is 1.14. The molecule has 0 atom stereocenters. The van der Waals surface area contributed by atoms with Crippen LogP contribution >= 0.6 is 0 Å². The molecule has 1 aromatic heterocycles. The number of benzene rings is 1. The van der Waals surface area contributed by atoms with E-state index in [-0.39, 0.29) is 0 Å². The standard InChI is InChI=1S/C15H20N4/c1-4-16-14-11-15(18-12(3)17-14)19(5-2)13-9-7-6-8-10-13/h6-11H,4-5H2,1-3H3,(H,16,17,18). The van der Waals surface area contributed by atoms with E-state index in [1.165, 1.54) is 0 Å². The summed E-state index contributed by atoms with van der Waals surface area (Å²) in [4.78, 5) is 11.1. The predicted octanol–water partition coefficient (Wildman–Crippen LogP) is 3.37. The monoisotopic (exact) mass is 256 g/mol. The van der Waals surface area contributed by atoms with Crippen LogP contribution in [0.25, 0.3) is 0 Å². The van der Waals surface area contributed by atoms with Crippen LogP contribution in [0.4, 0.5) is 17.3 Å². The largest absolute Gasteiger partial charge is 0.370 e. The Labute approximate surface area is 114 Å². The molecule has 4 heteroatoms. The van der Waals surface area contributed by atoms with Gasteiger partial charge in [-0.1, -0.05) is 18.2 Å². The Morgan fingerprint density at radius 2 is 1.84 bits per heavy atom. The van der Waals surface area contributed by atoms with Crippen LogP contribution in [0.15, 0.2) is 36.4 Å². The van der Waals surface area contributed by atoms with Gasteiger partial charge in [-0.15, -0.1) is 0 Å². The van der Waals surface area contributed by atoms with E-state index >= 15 is 0 Å². The van der Waals surface area contributed by atoms with E-state index in [0.29, 0.717) is 0 Å². The maximum absolute atomic E-state index is 4.54. The molecule has 2 aromatic rings. The summed E-state index contributed by atoms with van der Waals surface area (Å²) in [7, 11) is 0. The Hall–Kier alpha value is -2.10. The van der Waals surface area contributed by atoms with Crippen molar-refractivity contribution in [3.63, 3.8) is 0 Å². The van der Waals surface area contributed by atoms with Gasteiger partial charge in [-0.25, -0.2) is 9.97 Å². The molecule has 0 aliphatic heterocycles. The zero-order valence-electron chi connectivity index (χ0n) is 11.7. The first kappa shape index (κ1) is 13.3. The molecule has 1 aromatic carbocycles. The number of aryl methyl sites for hydroxylation is 1. The van der Waals surface area contributed by atoms with Crippen molar-refractivity contribution in [2.45, 2.75) is 20.8 Å². The lowest BCUT2D eigenvalue weighted by Gasteiger charge is -2.22. The first-order valence-corrected chi connectivity index (χ1v) is 6.66. The van der Waals surface area contributed by atoms with Gasteiger partial charge in [0.1, 0.15) is 17.5 Å². The molecule has 0 saturated heterocycles. The van der Waals surface area contributed by atoms with E-state index in [4.69, 9.17) is 0 Å². The average Bonchev–Trinajstić information content (AvgIpc) is 2.40. The number of hydrogen-bond acceptors (Lipinski definition) is 4. The lowest BCUT2D eigenvalue weighted by molar-refractivity contribution is 0.948. The fourth-order valence-electron chi connectivity index (χ4n) is 2.05. The third-order valence-electron chi connectivity index (χ3n) is 2.84. The van der Waals surface area contributed by atoms with E-state index in [1.807, 2.05) is 31.2 Å². The summed E-state index contributed by atoms with van der Waals surface area (Å²) < 4.78 is 0. The van der Waals surface area contributed by atoms with Crippen molar-refractivity contribution in [1.82, 2.24) is 9.97 Å². The van der Waals surface area contributed by atoms with Gasteiger partial charge in [0.2, 0.25) is 0 Å². The van der Waals surface area contributed by atoms with Crippen molar-refractivity contribution >= 4 is 17.3 Å². The smallest absolute Gasteiger partial charge is 0.138 e. The molecule has 2 rings (SSSR count). The highest BCUT2D eigenvalue weighted by Gasteiger charge is 2.10. The van der Waals surface area contributed by atoms with Crippen LogP contribution in [0.1, 0.15) is 19.7 Å². The Morgan fingerprint density at radius 1 is 1.11 bits per heavy atom. The number of anilines is 3. The van der Waals surface area contributed by atoms with Gasteiger partial charge in [0, 0.05) is 24.8 Å². The molecule has 0 amide bonds. The lowest BCUT2D eigenvalue weighted by atomic mass is 10.3. The number of para-hydroxylation sites is 1. The van der Waals surface area contributed by atoms with Crippen molar-refractivity contribution in [1.29, 1.82) is 0 Å². The van der Waals surface area contributed by atoms with Gasteiger partial charge in [-0.2, -0.15) is 0 Å². The molecular formula is C15H20N4. The van der Waals surface area contributed by atoms with Crippen LogP contribution in [-0.4, -0.2) is 23.1 Å². The highest BCUT2D eigenvalue weighted by atomic mass is 15.2. The van der Waals surface area contributed by atoms with E-state index < -0.39 is 0 Å². The minimum Gasteiger partial charge on any atom is -0.370 e. The number of aromatic nitrogens is 2. The van der Waals surface area contributed by atoms with Crippen LogP contribution < -0.4 is 10.2 Å². The van der Waals surface area contributed by atoms with Gasteiger partial charge in [-0.05, 0) is 32.9 Å². The zero-order chi connectivity index (χ0) is 13.7. The molecule has 0 radical (unpaired) electrons. The molecule has 100 valence electrons. The van der Waals surface area contributed by atoms with E-state index in [9.17, 15) is 0 Å². The van der Waals surface area contributed by atoms with Crippen molar-refractivity contribution in [3.05, 3.63) is 42.2 Å². The third-order valence-corrected chi connectivity index (χ3v) is 2.84. The van der Waals surface area contributed by atoms with Crippen LogP contribution in [0.3, 0.4) is 0 Å². The molecule has 1 N–H and O–H groups in total. The second-order valence-electron chi connectivity index (χ2n) is 4.27. The fraction of sp³-hybridized carbons (Fsp3) is 0.333. The SMILES string of the molecule is CCNc1cc(N(CC)c2ccccc2)nc(C)n1. The summed E-state index contributed by atoms with van der Waals surface area (Å²) >= 11 is 0. The minimum atomic E-state index is 0.780. The van der Waals surface area contributed by atoms with E-state index in [1.54, 1.807) is 0 Å². The molecule has 4 nitrogen and oxygen atoms in total. The Balaban J connectivity index is 2.38. The molecule has 0 aliphatic carbocycles. The average molecular weight is 256 g/mol. The molecule has 1 heterocycles. The van der Waals surface area contributed by atoms with Crippen LogP contribution in [-0.2, 0) is 0 Å². The summed E-state index contributed by atoms with van der Waals surface area (Å²) in [6, 6.07) is 12.3. The molecular weight excluding hydrogens is 236 g/mol. The summed E-state index contributed by atoms with van der Waals surface area (Å²) in [6.07, 6.45) is 0. The number of hydrogen-bond donors (Lipinski definition) is 1. The van der Waals surface area contributed by atoms with Gasteiger partial charge in [0.25, 0.3) is 0 Å².